The molecular weight excluding hydrogens is 520 g/mol. The molecule has 0 aliphatic heterocycles. The molecule has 0 aromatic heterocycles. The van der Waals surface area contributed by atoms with E-state index in [9.17, 15) is 33.9 Å². The van der Waals surface area contributed by atoms with Crippen molar-refractivity contribution in [3.63, 3.8) is 0 Å². The largest absolute Gasteiger partial charge is 0.481 e. The predicted molar refractivity (Wildman–Crippen MR) is 135 cm³/mol. The molecule has 1 aromatic carbocycles. The van der Waals surface area contributed by atoms with E-state index in [4.69, 9.17) is 28.0 Å². The van der Waals surface area contributed by atoms with Crippen LogP contribution in [-0.2, 0) is 30.4 Å². The molecule has 0 fully saturated rings. The molecule has 0 bridgehead atoms. The van der Waals surface area contributed by atoms with Crippen molar-refractivity contribution in [2.75, 3.05) is 13.1 Å². The summed E-state index contributed by atoms with van der Waals surface area (Å²) in [5.41, 5.74) is 21.5. The van der Waals surface area contributed by atoms with Gasteiger partial charge in [-0.2, -0.15) is 0 Å². The topological polar surface area (TPSA) is 305 Å². The van der Waals surface area contributed by atoms with E-state index in [0.29, 0.717) is 12.0 Å². The summed E-state index contributed by atoms with van der Waals surface area (Å²) < 4.78 is 4.68. The number of nitrogens with one attached hydrogen (secondary N) is 3. The SMILES string of the molecule is NC(=O)Oc1ccc(C[C@H](NC(=O)[C@H](CC(=O)O)NC(=O)CNC(=O)[C@@H](N)CCCN=C(N)N)C(=O)O)cc1. The first-order valence-corrected chi connectivity index (χ1v) is 11.5. The van der Waals surface area contributed by atoms with Gasteiger partial charge in [0.1, 0.15) is 17.8 Å². The zero-order valence-corrected chi connectivity index (χ0v) is 20.8. The minimum Gasteiger partial charge on any atom is -0.481 e. The number of rotatable bonds is 16. The minimum atomic E-state index is -1.65. The molecule has 4 amide bonds. The average molecular weight is 553 g/mol. The number of hydrogen-bond donors (Lipinski definition) is 9. The molecule has 0 radical (unpaired) electrons. The van der Waals surface area contributed by atoms with Crippen LogP contribution in [0.5, 0.6) is 5.75 Å². The summed E-state index contributed by atoms with van der Waals surface area (Å²) >= 11 is 0. The first-order chi connectivity index (χ1) is 18.3. The van der Waals surface area contributed by atoms with Gasteiger partial charge in [0.05, 0.1) is 19.0 Å². The van der Waals surface area contributed by atoms with Crippen LogP contribution in [0.3, 0.4) is 0 Å². The molecule has 17 nitrogen and oxygen atoms in total. The Bertz CT molecular complexity index is 1070. The van der Waals surface area contributed by atoms with Crippen molar-refractivity contribution in [1.82, 2.24) is 16.0 Å². The smallest absolute Gasteiger partial charge is 0.409 e. The van der Waals surface area contributed by atoms with Crippen LogP contribution in [0.15, 0.2) is 29.3 Å². The van der Waals surface area contributed by atoms with Gasteiger partial charge in [-0.05, 0) is 30.5 Å². The van der Waals surface area contributed by atoms with Crippen molar-refractivity contribution >= 4 is 41.7 Å². The van der Waals surface area contributed by atoms with Crippen molar-refractivity contribution in [3.05, 3.63) is 29.8 Å². The lowest BCUT2D eigenvalue weighted by molar-refractivity contribution is -0.143. The van der Waals surface area contributed by atoms with Gasteiger partial charge in [0.25, 0.3) is 0 Å². The Hall–Kier alpha value is -4.93. The molecule has 39 heavy (non-hydrogen) atoms. The standard InChI is InChI=1S/C22H32N8O9/c23-13(2-1-7-27-21(24)25)18(34)28-10-16(31)29-14(9-17(32)33)19(35)30-15(20(36)37)8-11-3-5-12(6-4-11)39-22(26)38/h3-6,13-15H,1-2,7-10,23H2,(H2,26,38)(H,28,34)(H,29,31)(H,30,35)(H,32,33)(H,36,37)(H4,24,25,27)/t13-,14-,15-/m0/s1. The summed E-state index contributed by atoms with van der Waals surface area (Å²) in [4.78, 5) is 74.5. The van der Waals surface area contributed by atoms with Crippen molar-refractivity contribution in [2.45, 2.75) is 43.8 Å². The molecule has 0 unspecified atom stereocenters. The minimum absolute atomic E-state index is 0.106. The van der Waals surface area contributed by atoms with Crippen molar-refractivity contribution in [2.24, 2.45) is 27.9 Å². The Morgan fingerprint density at radius 3 is 2.10 bits per heavy atom. The number of primary amides is 1. The average Bonchev–Trinajstić information content (AvgIpc) is 2.84. The van der Waals surface area contributed by atoms with E-state index in [1.807, 2.05) is 0 Å². The van der Waals surface area contributed by atoms with Gasteiger partial charge >= 0.3 is 18.0 Å². The number of nitrogens with zero attached hydrogens (tertiary/aromatic N) is 1. The number of amides is 4. The fourth-order valence-corrected chi connectivity index (χ4v) is 3.10. The maximum Gasteiger partial charge on any atom is 0.409 e. The summed E-state index contributed by atoms with van der Waals surface area (Å²) in [5, 5.41) is 25.3. The molecule has 1 rings (SSSR count). The quantitative estimate of drug-likeness (QED) is 0.0553. The highest BCUT2D eigenvalue weighted by atomic mass is 16.5. The summed E-state index contributed by atoms with van der Waals surface area (Å²) in [6.07, 6.45) is -1.50. The van der Waals surface area contributed by atoms with E-state index >= 15 is 0 Å². The Balaban J connectivity index is 2.72. The lowest BCUT2D eigenvalue weighted by Crippen LogP contribution is -2.54. The molecule has 0 spiro atoms. The highest BCUT2D eigenvalue weighted by Crippen LogP contribution is 2.14. The summed E-state index contributed by atoms with van der Waals surface area (Å²) in [7, 11) is 0. The number of nitrogens with two attached hydrogens (primary N) is 4. The lowest BCUT2D eigenvalue weighted by atomic mass is 10.0. The van der Waals surface area contributed by atoms with Crippen LogP contribution in [0, 0.1) is 0 Å². The molecule has 13 N–H and O–H groups in total. The second kappa shape index (κ2) is 16.0. The Labute approximate surface area is 222 Å². The van der Waals surface area contributed by atoms with E-state index in [-0.39, 0.29) is 31.1 Å². The van der Waals surface area contributed by atoms with Gasteiger partial charge < -0.3 is 53.8 Å². The molecular formula is C22H32N8O9. The van der Waals surface area contributed by atoms with E-state index in [0.717, 1.165) is 0 Å². The fraction of sp³-hybridized carbons (Fsp3) is 0.409. The second-order valence-electron chi connectivity index (χ2n) is 8.16. The van der Waals surface area contributed by atoms with Crippen LogP contribution in [-0.4, -0.2) is 83.1 Å². The molecule has 1 aromatic rings. The van der Waals surface area contributed by atoms with Crippen LogP contribution in [0.4, 0.5) is 4.79 Å². The van der Waals surface area contributed by atoms with E-state index < -0.39 is 66.8 Å². The van der Waals surface area contributed by atoms with Crippen LogP contribution in [0.1, 0.15) is 24.8 Å². The molecule has 0 aliphatic rings. The number of benzene rings is 1. The van der Waals surface area contributed by atoms with Gasteiger partial charge in [0.2, 0.25) is 17.7 Å². The van der Waals surface area contributed by atoms with Crippen LogP contribution < -0.4 is 43.6 Å². The van der Waals surface area contributed by atoms with Crippen molar-refractivity contribution in [1.29, 1.82) is 0 Å². The third-order valence-electron chi connectivity index (χ3n) is 4.95. The van der Waals surface area contributed by atoms with E-state index in [1.54, 1.807) is 0 Å². The second-order valence-corrected chi connectivity index (χ2v) is 8.16. The van der Waals surface area contributed by atoms with E-state index in [2.05, 4.69) is 25.7 Å². The number of carbonyl (C=O) groups excluding carboxylic acids is 4. The summed E-state index contributed by atoms with van der Waals surface area (Å²) in [6, 6.07) is 1.48. The first-order valence-electron chi connectivity index (χ1n) is 11.5. The lowest BCUT2D eigenvalue weighted by Gasteiger charge is -2.21. The highest BCUT2D eigenvalue weighted by Gasteiger charge is 2.28. The normalized spacial score (nSPS) is 12.6. The number of carbonyl (C=O) groups is 6. The van der Waals surface area contributed by atoms with Gasteiger partial charge in [-0.3, -0.25) is 24.2 Å². The van der Waals surface area contributed by atoms with Crippen molar-refractivity contribution < 1.29 is 43.7 Å². The van der Waals surface area contributed by atoms with Gasteiger partial charge in [0.15, 0.2) is 5.96 Å². The number of hydrogen-bond acceptors (Lipinski definition) is 9. The maximum absolute atomic E-state index is 12.7. The number of guanidine groups is 1. The maximum atomic E-state index is 12.7. The number of carboxylic acids is 2. The van der Waals surface area contributed by atoms with E-state index in [1.165, 1.54) is 24.3 Å². The third-order valence-corrected chi connectivity index (χ3v) is 4.95. The number of carboxylic acid groups (broad SMARTS) is 2. The van der Waals surface area contributed by atoms with Gasteiger partial charge in [-0.1, -0.05) is 12.1 Å². The van der Waals surface area contributed by atoms with Gasteiger partial charge in [-0.15, -0.1) is 0 Å². The Kier molecular flexibility index (Phi) is 13.2. The van der Waals surface area contributed by atoms with Crippen LogP contribution in [0.2, 0.25) is 0 Å². The van der Waals surface area contributed by atoms with Gasteiger partial charge in [0, 0.05) is 13.0 Å². The molecule has 0 saturated heterocycles. The molecule has 214 valence electrons. The molecule has 0 heterocycles. The van der Waals surface area contributed by atoms with Crippen molar-refractivity contribution in [3.8, 4) is 5.75 Å². The van der Waals surface area contributed by atoms with Crippen LogP contribution >= 0.6 is 0 Å². The third kappa shape index (κ3) is 13.3. The zero-order chi connectivity index (χ0) is 29.5. The number of aliphatic carboxylic acids is 2. The monoisotopic (exact) mass is 552 g/mol. The molecule has 17 heteroatoms. The summed E-state index contributed by atoms with van der Waals surface area (Å²) in [5.74, 6) is -5.52. The zero-order valence-electron chi connectivity index (χ0n) is 20.8. The Morgan fingerprint density at radius 2 is 1.56 bits per heavy atom. The molecule has 0 aliphatic carbocycles. The van der Waals surface area contributed by atoms with Gasteiger partial charge in [-0.25, -0.2) is 9.59 Å². The fourth-order valence-electron chi connectivity index (χ4n) is 3.10. The summed E-state index contributed by atoms with van der Waals surface area (Å²) in [6.45, 7) is -0.367. The number of aliphatic imine (C=N–C) groups is 1. The highest BCUT2D eigenvalue weighted by molar-refractivity contribution is 5.94. The van der Waals surface area contributed by atoms with Crippen LogP contribution in [0.25, 0.3) is 0 Å². The first kappa shape index (κ1) is 32.1. The molecule has 0 saturated carbocycles. The Morgan fingerprint density at radius 1 is 0.923 bits per heavy atom. The number of ether oxygens (including phenoxy) is 1. The predicted octanol–water partition coefficient (Wildman–Crippen LogP) is -3.29. The molecule has 3 atom stereocenters.